The van der Waals surface area contributed by atoms with Crippen molar-refractivity contribution >= 4 is 23.2 Å². The van der Waals surface area contributed by atoms with Gasteiger partial charge in [0.15, 0.2) is 5.78 Å². The quantitative estimate of drug-likeness (QED) is 0.814. The predicted molar refractivity (Wildman–Crippen MR) is 80.5 cm³/mol. The summed E-state index contributed by atoms with van der Waals surface area (Å²) in [6.07, 6.45) is -4.48. The van der Waals surface area contributed by atoms with Gasteiger partial charge in [0.1, 0.15) is 0 Å². The molecule has 2 N–H and O–H groups in total. The lowest BCUT2D eigenvalue weighted by Gasteiger charge is -2.11. The highest BCUT2D eigenvalue weighted by atomic mass is 19.4. The molecule has 0 heterocycles. The van der Waals surface area contributed by atoms with Crippen molar-refractivity contribution in [1.29, 1.82) is 0 Å². The number of nitrogens with one attached hydrogen (secondary N) is 2. The Kier molecular flexibility index (Phi) is 4.68. The van der Waals surface area contributed by atoms with E-state index in [0.29, 0.717) is 11.3 Å². The van der Waals surface area contributed by atoms with Crippen LogP contribution in [0.2, 0.25) is 0 Å². The van der Waals surface area contributed by atoms with Crippen LogP contribution >= 0.6 is 0 Å². The molecule has 0 aliphatic carbocycles. The fourth-order valence-corrected chi connectivity index (χ4v) is 1.88. The number of urea groups is 1. The first kappa shape index (κ1) is 16.5. The number of ketones is 1. The number of benzene rings is 2. The van der Waals surface area contributed by atoms with E-state index in [2.05, 4.69) is 10.6 Å². The van der Waals surface area contributed by atoms with Crippen molar-refractivity contribution in [2.24, 2.45) is 0 Å². The molecule has 0 aliphatic heterocycles. The Morgan fingerprint density at radius 2 is 1.48 bits per heavy atom. The third kappa shape index (κ3) is 4.57. The molecule has 2 rings (SSSR count). The van der Waals surface area contributed by atoms with Crippen molar-refractivity contribution in [3.63, 3.8) is 0 Å². The minimum absolute atomic E-state index is 0.0139. The molecule has 0 unspecified atom stereocenters. The zero-order valence-electron chi connectivity index (χ0n) is 12.1. The van der Waals surface area contributed by atoms with Crippen LogP contribution in [0.4, 0.5) is 29.3 Å². The summed E-state index contributed by atoms with van der Waals surface area (Å²) in [6.45, 7) is 1.39. The van der Waals surface area contributed by atoms with Crippen LogP contribution in [0.25, 0.3) is 0 Å². The lowest BCUT2D eigenvalue weighted by molar-refractivity contribution is -0.137. The lowest BCUT2D eigenvalue weighted by Crippen LogP contribution is -2.20. The van der Waals surface area contributed by atoms with Crippen molar-refractivity contribution < 1.29 is 22.8 Å². The maximum atomic E-state index is 12.6. The number of hydrogen-bond acceptors (Lipinski definition) is 2. The molecule has 2 aromatic carbocycles. The van der Waals surface area contributed by atoms with Crippen molar-refractivity contribution in [3.8, 4) is 0 Å². The van der Waals surface area contributed by atoms with E-state index in [9.17, 15) is 22.8 Å². The summed E-state index contributed by atoms with van der Waals surface area (Å²) >= 11 is 0. The number of anilines is 2. The molecule has 0 bridgehead atoms. The third-order valence-electron chi connectivity index (χ3n) is 2.97. The zero-order chi connectivity index (χ0) is 17.0. The number of carbonyl (C=O) groups excluding carboxylic acids is 2. The summed E-state index contributed by atoms with van der Waals surface area (Å²) in [4.78, 5) is 23.1. The number of hydrogen-bond donors (Lipinski definition) is 2. The molecule has 2 amide bonds. The zero-order valence-corrected chi connectivity index (χ0v) is 12.1. The number of amides is 2. The number of Topliss-reactive ketones (excluding diaryl/α,β-unsaturated/α-hetero) is 1. The van der Waals surface area contributed by atoms with Gasteiger partial charge < -0.3 is 10.6 Å². The third-order valence-corrected chi connectivity index (χ3v) is 2.97. The highest BCUT2D eigenvalue weighted by Gasteiger charge is 2.30. The normalized spacial score (nSPS) is 11.0. The summed E-state index contributed by atoms with van der Waals surface area (Å²) in [5.41, 5.74) is -0.0574. The van der Waals surface area contributed by atoms with E-state index in [4.69, 9.17) is 0 Å². The van der Waals surface area contributed by atoms with Crippen LogP contribution < -0.4 is 10.6 Å². The van der Waals surface area contributed by atoms with Crippen molar-refractivity contribution in [2.45, 2.75) is 13.1 Å². The van der Waals surface area contributed by atoms with Gasteiger partial charge in [-0.3, -0.25) is 4.79 Å². The topological polar surface area (TPSA) is 58.2 Å². The van der Waals surface area contributed by atoms with E-state index in [-0.39, 0.29) is 11.5 Å². The maximum absolute atomic E-state index is 12.6. The first-order valence-corrected chi connectivity index (χ1v) is 6.62. The van der Waals surface area contributed by atoms with Crippen LogP contribution in [0.15, 0.2) is 48.5 Å². The van der Waals surface area contributed by atoms with E-state index in [1.165, 1.54) is 25.1 Å². The molecule has 0 aliphatic rings. The van der Waals surface area contributed by atoms with E-state index >= 15 is 0 Å². The molecule has 2 aromatic rings. The minimum atomic E-state index is -4.48. The minimum Gasteiger partial charge on any atom is -0.308 e. The average Bonchev–Trinajstić information content (AvgIpc) is 2.46. The number of alkyl halides is 3. The Morgan fingerprint density at radius 3 is 2.04 bits per heavy atom. The second-order valence-corrected chi connectivity index (χ2v) is 4.79. The molecule has 0 saturated carbocycles. The Bertz CT molecular complexity index is 742. The first-order valence-electron chi connectivity index (χ1n) is 6.62. The number of rotatable bonds is 3. The van der Waals surface area contributed by atoms with Gasteiger partial charge in [-0.05, 0) is 37.3 Å². The van der Waals surface area contributed by atoms with Gasteiger partial charge in [-0.15, -0.1) is 0 Å². The molecule has 120 valence electrons. The fraction of sp³-hybridized carbons (Fsp3) is 0.125. The van der Waals surface area contributed by atoms with Crippen LogP contribution in [-0.4, -0.2) is 11.8 Å². The second-order valence-electron chi connectivity index (χ2n) is 4.79. The molecular weight excluding hydrogens is 309 g/mol. The Hall–Kier alpha value is -2.83. The average molecular weight is 322 g/mol. The van der Waals surface area contributed by atoms with Gasteiger partial charge in [-0.25, -0.2) is 4.79 Å². The van der Waals surface area contributed by atoms with Crippen LogP contribution in [0.1, 0.15) is 22.8 Å². The smallest absolute Gasteiger partial charge is 0.308 e. The highest BCUT2D eigenvalue weighted by molar-refractivity contribution is 6.01. The van der Waals surface area contributed by atoms with Gasteiger partial charge in [0.05, 0.1) is 5.56 Å². The summed E-state index contributed by atoms with van der Waals surface area (Å²) in [6, 6.07) is 9.84. The summed E-state index contributed by atoms with van der Waals surface area (Å²) in [7, 11) is 0. The Morgan fingerprint density at radius 1 is 0.913 bits per heavy atom. The standard InChI is InChI=1S/C16H13F3N2O2/c1-10(22)11-4-2-6-13(8-11)20-15(23)21-14-7-3-5-12(9-14)16(17,18)19/h2-9H,1H3,(H2,20,21,23). The van der Waals surface area contributed by atoms with E-state index in [1.54, 1.807) is 18.2 Å². The lowest BCUT2D eigenvalue weighted by atomic mass is 10.1. The predicted octanol–water partition coefficient (Wildman–Crippen LogP) is 4.55. The van der Waals surface area contributed by atoms with Gasteiger partial charge in [-0.1, -0.05) is 18.2 Å². The highest BCUT2D eigenvalue weighted by Crippen LogP contribution is 2.30. The number of carbonyl (C=O) groups is 2. The molecule has 0 aromatic heterocycles. The molecule has 0 saturated heterocycles. The first-order chi connectivity index (χ1) is 10.8. The second kappa shape index (κ2) is 6.51. The summed E-state index contributed by atoms with van der Waals surface area (Å²) < 4.78 is 37.8. The van der Waals surface area contributed by atoms with Gasteiger partial charge in [-0.2, -0.15) is 13.2 Å². The summed E-state index contributed by atoms with van der Waals surface area (Å²) in [5.74, 6) is -0.160. The van der Waals surface area contributed by atoms with Gasteiger partial charge in [0.2, 0.25) is 0 Å². The van der Waals surface area contributed by atoms with Crippen LogP contribution in [0.3, 0.4) is 0 Å². The van der Waals surface area contributed by atoms with Crippen molar-refractivity contribution in [3.05, 3.63) is 59.7 Å². The molecule has 4 nitrogen and oxygen atoms in total. The summed E-state index contributed by atoms with van der Waals surface area (Å²) in [5, 5.41) is 4.78. The molecule has 0 atom stereocenters. The van der Waals surface area contributed by atoms with Gasteiger partial charge in [0.25, 0.3) is 0 Å². The molecule has 7 heteroatoms. The fourth-order valence-electron chi connectivity index (χ4n) is 1.88. The molecular formula is C16H13F3N2O2. The van der Waals surface area contributed by atoms with Gasteiger partial charge in [0, 0.05) is 16.9 Å². The van der Waals surface area contributed by atoms with E-state index in [0.717, 1.165) is 12.1 Å². The van der Waals surface area contributed by atoms with Crippen LogP contribution in [-0.2, 0) is 6.18 Å². The monoisotopic (exact) mass is 322 g/mol. The van der Waals surface area contributed by atoms with Crippen molar-refractivity contribution in [1.82, 2.24) is 0 Å². The van der Waals surface area contributed by atoms with E-state index < -0.39 is 17.8 Å². The maximum Gasteiger partial charge on any atom is 0.416 e. The Balaban J connectivity index is 2.08. The van der Waals surface area contributed by atoms with Gasteiger partial charge >= 0.3 is 12.2 Å². The molecule has 0 spiro atoms. The number of halogens is 3. The Labute approximate surface area is 130 Å². The van der Waals surface area contributed by atoms with Crippen LogP contribution in [0, 0.1) is 0 Å². The molecule has 0 fully saturated rings. The van der Waals surface area contributed by atoms with Crippen LogP contribution in [0.5, 0.6) is 0 Å². The molecule has 0 radical (unpaired) electrons. The van der Waals surface area contributed by atoms with Crippen molar-refractivity contribution in [2.75, 3.05) is 10.6 Å². The molecule has 23 heavy (non-hydrogen) atoms. The SMILES string of the molecule is CC(=O)c1cccc(NC(=O)Nc2cccc(C(F)(F)F)c2)c1. The van der Waals surface area contributed by atoms with E-state index in [1.807, 2.05) is 0 Å². The largest absolute Gasteiger partial charge is 0.416 e.